The van der Waals surface area contributed by atoms with Crippen LogP contribution >= 0.6 is 0 Å². The fraction of sp³-hybridized carbons (Fsp3) is 0.500. The number of allylic oxidation sites excluding steroid dienone is 2. The van der Waals surface area contributed by atoms with E-state index in [-0.39, 0.29) is 5.66 Å². The Balaban J connectivity index is 2.70. The van der Waals surface area contributed by atoms with E-state index < -0.39 is 0 Å². The van der Waals surface area contributed by atoms with Crippen molar-refractivity contribution >= 4 is 0 Å². The van der Waals surface area contributed by atoms with E-state index in [0.29, 0.717) is 0 Å². The topological polar surface area (TPSA) is 15.3 Å². The van der Waals surface area contributed by atoms with E-state index in [0.717, 1.165) is 0 Å². The van der Waals surface area contributed by atoms with Gasteiger partial charge in [0.05, 0.1) is 0 Å². The van der Waals surface area contributed by atoms with E-state index >= 15 is 0 Å². The van der Waals surface area contributed by atoms with Crippen molar-refractivity contribution in [1.82, 2.24) is 10.2 Å². The molecule has 0 aromatic carbocycles. The van der Waals surface area contributed by atoms with Crippen LogP contribution in [0.1, 0.15) is 6.92 Å². The molecule has 2 nitrogen and oxygen atoms in total. The highest BCUT2D eigenvalue weighted by Crippen LogP contribution is 2.11. The van der Waals surface area contributed by atoms with Crippen LogP contribution < -0.4 is 5.32 Å². The Labute approximate surface area is 62.2 Å². The third-order valence-electron chi connectivity index (χ3n) is 1.93. The minimum atomic E-state index is -0.00521. The maximum atomic E-state index is 3.25. The van der Waals surface area contributed by atoms with Gasteiger partial charge in [-0.05, 0) is 39.4 Å². The van der Waals surface area contributed by atoms with Gasteiger partial charge in [-0.2, -0.15) is 0 Å². The van der Waals surface area contributed by atoms with E-state index in [1.807, 2.05) is 12.3 Å². The quantitative estimate of drug-likeness (QED) is 0.580. The van der Waals surface area contributed by atoms with E-state index in [1.165, 1.54) is 0 Å². The van der Waals surface area contributed by atoms with Gasteiger partial charge in [-0.1, -0.05) is 6.08 Å². The third kappa shape index (κ3) is 1.21. The number of likely N-dealkylation sites (N-methyl/N-ethyl adjacent to an activating group) is 1. The first-order valence-electron chi connectivity index (χ1n) is 3.45. The summed E-state index contributed by atoms with van der Waals surface area (Å²) in [6.07, 6.45) is 8.13. The van der Waals surface area contributed by atoms with Crippen LogP contribution in [0.3, 0.4) is 0 Å². The molecule has 0 spiro atoms. The third-order valence-corrected chi connectivity index (χ3v) is 1.93. The predicted octanol–water partition coefficient (Wildman–Crippen LogP) is 0.937. The fourth-order valence-electron chi connectivity index (χ4n) is 0.842. The molecule has 1 atom stereocenters. The van der Waals surface area contributed by atoms with Gasteiger partial charge in [0.1, 0.15) is 5.66 Å². The highest BCUT2D eigenvalue weighted by molar-refractivity contribution is 5.16. The van der Waals surface area contributed by atoms with Gasteiger partial charge in [-0.25, -0.2) is 0 Å². The maximum absolute atomic E-state index is 3.25. The monoisotopic (exact) mass is 138 g/mol. The minimum absolute atomic E-state index is 0.00521. The number of hydrogen-bond donors (Lipinski definition) is 1. The second kappa shape index (κ2) is 2.46. The molecule has 10 heavy (non-hydrogen) atoms. The zero-order valence-corrected chi connectivity index (χ0v) is 6.76. The van der Waals surface area contributed by atoms with Gasteiger partial charge in [-0.15, -0.1) is 0 Å². The molecule has 2 heteroatoms. The Morgan fingerprint density at radius 1 is 1.30 bits per heavy atom. The number of rotatable bonds is 1. The number of nitrogens with one attached hydrogen (secondary N) is 1. The summed E-state index contributed by atoms with van der Waals surface area (Å²) in [7, 11) is 4.10. The molecule has 0 aromatic heterocycles. The van der Waals surface area contributed by atoms with Crippen LogP contribution in [0.25, 0.3) is 0 Å². The van der Waals surface area contributed by atoms with Crippen molar-refractivity contribution in [1.29, 1.82) is 0 Å². The van der Waals surface area contributed by atoms with Crippen LogP contribution in [-0.2, 0) is 0 Å². The van der Waals surface area contributed by atoms with E-state index in [9.17, 15) is 0 Å². The molecule has 0 bridgehead atoms. The molecule has 0 saturated heterocycles. The summed E-state index contributed by atoms with van der Waals surface area (Å²) in [5.74, 6) is 0. The zero-order valence-electron chi connectivity index (χ0n) is 6.76. The predicted molar refractivity (Wildman–Crippen MR) is 43.5 cm³/mol. The van der Waals surface area contributed by atoms with Gasteiger partial charge in [0.2, 0.25) is 0 Å². The lowest BCUT2D eigenvalue weighted by molar-refractivity contribution is 0.201. The number of hydrogen-bond acceptors (Lipinski definition) is 2. The molecule has 1 heterocycles. The minimum Gasteiger partial charge on any atom is -0.370 e. The lowest BCUT2D eigenvalue weighted by Crippen LogP contribution is -2.50. The Morgan fingerprint density at radius 3 is 2.30 bits per heavy atom. The molecule has 0 radical (unpaired) electrons. The summed E-state index contributed by atoms with van der Waals surface area (Å²) in [5.41, 5.74) is -0.00521. The normalized spacial score (nSPS) is 30.8. The molecule has 0 fully saturated rings. The van der Waals surface area contributed by atoms with Crippen molar-refractivity contribution in [2.45, 2.75) is 12.6 Å². The molecule has 1 aliphatic rings. The number of nitrogens with zero attached hydrogens (tertiary/aromatic N) is 1. The molecule has 0 saturated carbocycles. The van der Waals surface area contributed by atoms with Crippen molar-refractivity contribution in [2.75, 3.05) is 14.1 Å². The fourth-order valence-corrected chi connectivity index (χ4v) is 0.842. The molecule has 1 unspecified atom stereocenters. The lowest BCUT2D eigenvalue weighted by atomic mass is 10.1. The summed E-state index contributed by atoms with van der Waals surface area (Å²) < 4.78 is 0. The van der Waals surface area contributed by atoms with Crippen LogP contribution in [0.4, 0.5) is 0 Å². The molecule has 1 N–H and O–H groups in total. The summed E-state index contributed by atoms with van der Waals surface area (Å²) in [5, 5.41) is 3.25. The first kappa shape index (κ1) is 7.35. The highest BCUT2D eigenvalue weighted by Gasteiger charge is 2.21. The second-order valence-corrected chi connectivity index (χ2v) is 2.90. The van der Waals surface area contributed by atoms with Crippen molar-refractivity contribution in [2.24, 2.45) is 0 Å². The van der Waals surface area contributed by atoms with Gasteiger partial charge in [0.15, 0.2) is 0 Å². The van der Waals surface area contributed by atoms with E-state index in [1.54, 1.807) is 0 Å². The van der Waals surface area contributed by atoms with Gasteiger partial charge >= 0.3 is 0 Å². The van der Waals surface area contributed by atoms with E-state index in [4.69, 9.17) is 0 Å². The molecule has 0 amide bonds. The van der Waals surface area contributed by atoms with E-state index in [2.05, 4.69) is 43.4 Å². The molecule has 0 aromatic rings. The van der Waals surface area contributed by atoms with Crippen LogP contribution in [0.5, 0.6) is 0 Å². The summed E-state index contributed by atoms with van der Waals surface area (Å²) in [6.45, 7) is 2.13. The molecule has 56 valence electrons. The first-order chi connectivity index (χ1) is 4.65. The van der Waals surface area contributed by atoms with Crippen LogP contribution in [0.2, 0.25) is 0 Å². The Bertz CT molecular complexity index is 170. The molecule has 1 rings (SSSR count). The van der Waals surface area contributed by atoms with Crippen LogP contribution in [0, 0.1) is 0 Å². The Kier molecular flexibility index (Phi) is 1.81. The van der Waals surface area contributed by atoms with Gasteiger partial charge in [0, 0.05) is 0 Å². The first-order valence-corrected chi connectivity index (χ1v) is 3.45. The maximum Gasteiger partial charge on any atom is 0.106 e. The van der Waals surface area contributed by atoms with Gasteiger partial charge in [-0.3, -0.25) is 4.90 Å². The van der Waals surface area contributed by atoms with Crippen molar-refractivity contribution in [3.63, 3.8) is 0 Å². The van der Waals surface area contributed by atoms with Crippen LogP contribution in [0.15, 0.2) is 24.4 Å². The largest absolute Gasteiger partial charge is 0.370 e. The van der Waals surface area contributed by atoms with Gasteiger partial charge < -0.3 is 5.32 Å². The molecular formula is C8H14N2. The van der Waals surface area contributed by atoms with Crippen molar-refractivity contribution in [3.8, 4) is 0 Å². The standard InChI is InChI=1S/C8H14N2/c1-8(10(2)3)6-4-5-7-9-8/h4-7,9H,1-3H3. The van der Waals surface area contributed by atoms with Gasteiger partial charge in [0.25, 0.3) is 0 Å². The SMILES string of the molecule is CN(C)C1(C)C=CC=CN1. The summed E-state index contributed by atoms with van der Waals surface area (Å²) >= 11 is 0. The average molecular weight is 138 g/mol. The summed E-state index contributed by atoms with van der Waals surface area (Å²) in [6, 6.07) is 0. The second-order valence-electron chi connectivity index (χ2n) is 2.90. The summed E-state index contributed by atoms with van der Waals surface area (Å²) in [4.78, 5) is 2.13. The smallest absolute Gasteiger partial charge is 0.106 e. The van der Waals surface area contributed by atoms with Crippen molar-refractivity contribution in [3.05, 3.63) is 24.4 Å². The Morgan fingerprint density at radius 2 is 2.00 bits per heavy atom. The lowest BCUT2D eigenvalue weighted by Gasteiger charge is -2.35. The Hall–Kier alpha value is -0.760. The molecular weight excluding hydrogens is 124 g/mol. The average Bonchev–Trinajstić information content (AvgIpc) is 1.89. The number of dihydropyridines is 1. The zero-order chi connectivity index (χ0) is 7.61. The van der Waals surface area contributed by atoms with Crippen molar-refractivity contribution < 1.29 is 0 Å². The molecule has 0 aliphatic carbocycles. The molecule has 1 aliphatic heterocycles. The van der Waals surface area contributed by atoms with Crippen LogP contribution in [-0.4, -0.2) is 24.7 Å². The highest BCUT2D eigenvalue weighted by atomic mass is 15.3.